The van der Waals surface area contributed by atoms with E-state index in [9.17, 15) is 4.79 Å². The van der Waals surface area contributed by atoms with E-state index in [1.54, 1.807) is 6.92 Å². The van der Waals surface area contributed by atoms with Crippen LogP contribution in [0.4, 0.5) is 0 Å². The lowest BCUT2D eigenvalue weighted by Crippen LogP contribution is -2.23. The first-order valence-corrected chi connectivity index (χ1v) is 5.17. The summed E-state index contributed by atoms with van der Waals surface area (Å²) in [5.41, 5.74) is 10.1. The lowest BCUT2D eigenvalue weighted by molar-refractivity contribution is -0.117. The van der Waals surface area contributed by atoms with Crippen molar-refractivity contribution in [1.29, 1.82) is 0 Å². The zero-order valence-corrected chi connectivity index (χ0v) is 10.1. The Hall–Kier alpha value is -1.06. The van der Waals surface area contributed by atoms with Crippen LogP contribution >= 0.6 is 0 Å². The molecule has 4 heteroatoms. The highest BCUT2D eigenvalue weighted by Gasteiger charge is 1.90. The van der Waals surface area contributed by atoms with E-state index in [-0.39, 0.29) is 11.7 Å². The highest BCUT2D eigenvalue weighted by atomic mass is 16.1. The van der Waals surface area contributed by atoms with Crippen LogP contribution in [0.5, 0.6) is 0 Å². The molecular weight excluding hydrogens is 178 g/mol. The number of carbonyl (C=O) groups excluding carboxylic acids is 1. The molecule has 0 bridgehead atoms. The van der Waals surface area contributed by atoms with Crippen LogP contribution in [0.2, 0.25) is 0 Å². The first-order chi connectivity index (χ1) is 6.63. The molecule has 0 aliphatic heterocycles. The average molecular weight is 203 g/mol. The molecule has 0 aromatic carbocycles. The van der Waals surface area contributed by atoms with E-state index in [0.717, 1.165) is 6.42 Å². The number of guanidine groups is 1. The maximum absolute atomic E-state index is 10.4. The predicted molar refractivity (Wildman–Crippen MR) is 63.3 cm³/mol. The molecular formula is C10H25N3O. The zero-order chi connectivity index (χ0) is 12.0. The predicted octanol–water partition coefficient (Wildman–Crippen LogP) is 1.68. The number of nitrogens with zero attached hydrogens (tertiary/aromatic N) is 1. The molecule has 0 amide bonds. The number of hydrogen-bond donors (Lipinski definition) is 2. The molecule has 0 aliphatic carbocycles. The van der Waals surface area contributed by atoms with Crippen LogP contribution in [-0.4, -0.2) is 18.3 Å². The number of Topliss-reactive ketones (excluding diaryl/α,β-unsaturated/α-hetero) is 1. The van der Waals surface area contributed by atoms with Gasteiger partial charge in [0.15, 0.2) is 5.96 Å². The topological polar surface area (TPSA) is 81.5 Å². The monoisotopic (exact) mass is 203 g/mol. The van der Waals surface area contributed by atoms with Crippen LogP contribution in [0.3, 0.4) is 0 Å². The van der Waals surface area contributed by atoms with Gasteiger partial charge >= 0.3 is 0 Å². The fourth-order valence-electron chi connectivity index (χ4n) is 0.536. The van der Waals surface area contributed by atoms with Crippen molar-refractivity contribution in [2.45, 2.75) is 47.5 Å². The summed E-state index contributed by atoms with van der Waals surface area (Å²) in [7, 11) is 0. The Kier molecular flexibility index (Phi) is 23.8. The minimum Gasteiger partial charge on any atom is -0.370 e. The molecule has 0 atom stereocenters. The number of nitrogens with two attached hydrogens (primary N) is 2. The SMILES string of the molecule is CC.CC.CC(=O)CCCN=C(N)N. The number of rotatable bonds is 4. The van der Waals surface area contributed by atoms with Crippen LogP contribution in [0.25, 0.3) is 0 Å². The van der Waals surface area contributed by atoms with Crippen molar-refractivity contribution in [1.82, 2.24) is 0 Å². The first-order valence-electron chi connectivity index (χ1n) is 5.17. The molecule has 0 heterocycles. The van der Waals surface area contributed by atoms with E-state index >= 15 is 0 Å². The fraction of sp³-hybridized carbons (Fsp3) is 0.800. The molecule has 86 valence electrons. The summed E-state index contributed by atoms with van der Waals surface area (Å²) < 4.78 is 0. The summed E-state index contributed by atoms with van der Waals surface area (Å²) in [4.78, 5) is 14.1. The summed E-state index contributed by atoms with van der Waals surface area (Å²) in [5.74, 6) is 0.259. The first kappa shape index (κ1) is 18.7. The lowest BCUT2D eigenvalue weighted by Gasteiger charge is -1.92. The van der Waals surface area contributed by atoms with Crippen LogP contribution in [-0.2, 0) is 4.79 Å². The normalized spacial score (nSPS) is 7.21. The second kappa shape index (κ2) is 17.9. The molecule has 4 nitrogen and oxygen atoms in total. The number of carbonyl (C=O) groups is 1. The summed E-state index contributed by atoms with van der Waals surface area (Å²) in [6.45, 7) is 10.1. The summed E-state index contributed by atoms with van der Waals surface area (Å²) in [6.07, 6.45) is 1.28. The van der Waals surface area contributed by atoms with E-state index in [4.69, 9.17) is 11.5 Å². The van der Waals surface area contributed by atoms with Crippen molar-refractivity contribution in [3.63, 3.8) is 0 Å². The van der Waals surface area contributed by atoms with E-state index in [2.05, 4.69) is 4.99 Å². The minimum atomic E-state index is 0.0866. The molecule has 0 spiro atoms. The van der Waals surface area contributed by atoms with Crippen molar-refractivity contribution in [2.75, 3.05) is 6.54 Å². The zero-order valence-electron chi connectivity index (χ0n) is 10.1. The molecule has 0 aromatic rings. The van der Waals surface area contributed by atoms with Gasteiger partial charge in [-0.1, -0.05) is 27.7 Å². The Balaban J connectivity index is -0.000000266. The molecule has 14 heavy (non-hydrogen) atoms. The van der Waals surface area contributed by atoms with Crippen molar-refractivity contribution in [2.24, 2.45) is 16.5 Å². The highest BCUT2D eigenvalue weighted by Crippen LogP contribution is 1.89. The molecule has 0 radical (unpaired) electrons. The van der Waals surface area contributed by atoms with Gasteiger partial charge in [-0.25, -0.2) is 0 Å². The minimum absolute atomic E-state index is 0.0866. The van der Waals surface area contributed by atoms with Crippen molar-refractivity contribution >= 4 is 11.7 Å². The second-order valence-electron chi connectivity index (χ2n) is 2.11. The molecule has 0 fully saturated rings. The Morgan fingerprint density at radius 3 is 1.86 bits per heavy atom. The third-order valence-electron chi connectivity index (χ3n) is 0.981. The third kappa shape index (κ3) is 30.6. The van der Waals surface area contributed by atoms with Gasteiger partial charge in [-0.15, -0.1) is 0 Å². The Bertz CT molecular complexity index is 140. The van der Waals surface area contributed by atoms with Gasteiger partial charge in [0, 0.05) is 13.0 Å². The quantitative estimate of drug-likeness (QED) is 0.414. The van der Waals surface area contributed by atoms with Gasteiger partial charge in [0.2, 0.25) is 0 Å². The summed E-state index contributed by atoms with van der Waals surface area (Å²) in [5, 5.41) is 0. The van der Waals surface area contributed by atoms with Crippen LogP contribution in [0, 0.1) is 0 Å². The van der Waals surface area contributed by atoms with Crippen LogP contribution in [0.15, 0.2) is 4.99 Å². The van der Waals surface area contributed by atoms with Crippen molar-refractivity contribution in [3.05, 3.63) is 0 Å². The summed E-state index contributed by atoms with van der Waals surface area (Å²) in [6, 6.07) is 0. The molecule has 4 N–H and O–H groups in total. The van der Waals surface area contributed by atoms with E-state index in [1.807, 2.05) is 27.7 Å². The number of ketones is 1. The maximum atomic E-state index is 10.4. The van der Waals surface area contributed by atoms with E-state index < -0.39 is 0 Å². The number of aliphatic imine (C=N–C) groups is 1. The van der Waals surface area contributed by atoms with Crippen LogP contribution in [0.1, 0.15) is 47.5 Å². The van der Waals surface area contributed by atoms with Gasteiger partial charge in [-0.3, -0.25) is 4.99 Å². The third-order valence-corrected chi connectivity index (χ3v) is 0.981. The summed E-state index contributed by atoms with van der Waals surface area (Å²) >= 11 is 0. The molecule has 0 aromatic heterocycles. The van der Waals surface area contributed by atoms with Crippen molar-refractivity contribution in [3.8, 4) is 0 Å². The molecule has 0 rings (SSSR count). The number of hydrogen-bond acceptors (Lipinski definition) is 2. The lowest BCUT2D eigenvalue weighted by atomic mass is 10.2. The van der Waals surface area contributed by atoms with E-state index in [0.29, 0.717) is 13.0 Å². The highest BCUT2D eigenvalue weighted by molar-refractivity contribution is 5.76. The smallest absolute Gasteiger partial charge is 0.185 e. The molecule has 0 saturated carbocycles. The van der Waals surface area contributed by atoms with Crippen LogP contribution < -0.4 is 11.5 Å². The van der Waals surface area contributed by atoms with Gasteiger partial charge in [0.05, 0.1) is 0 Å². The maximum Gasteiger partial charge on any atom is 0.185 e. The Morgan fingerprint density at radius 2 is 1.57 bits per heavy atom. The largest absolute Gasteiger partial charge is 0.370 e. The van der Waals surface area contributed by atoms with E-state index in [1.165, 1.54) is 0 Å². The second-order valence-corrected chi connectivity index (χ2v) is 2.11. The standard InChI is InChI=1S/C6H13N3O.2C2H6/c1-5(10)3-2-4-9-6(7)8;2*1-2/h2-4H2,1H3,(H4,7,8,9);2*1-2H3. The van der Waals surface area contributed by atoms with Gasteiger partial charge < -0.3 is 16.3 Å². The Labute approximate surface area is 87.8 Å². The Morgan fingerprint density at radius 1 is 1.14 bits per heavy atom. The fourth-order valence-corrected chi connectivity index (χ4v) is 0.536. The van der Waals surface area contributed by atoms with Gasteiger partial charge in [-0.05, 0) is 13.3 Å². The average Bonchev–Trinajstić information content (AvgIpc) is 2.18. The molecule has 0 saturated heterocycles. The van der Waals surface area contributed by atoms with Crippen molar-refractivity contribution < 1.29 is 4.79 Å². The molecule has 0 unspecified atom stereocenters. The van der Waals surface area contributed by atoms with Gasteiger partial charge in [0.1, 0.15) is 5.78 Å². The van der Waals surface area contributed by atoms with Gasteiger partial charge in [0.25, 0.3) is 0 Å². The molecule has 0 aliphatic rings. The van der Waals surface area contributed by atoms with Gasteiger partial charge in [-0.2, -0.15) is 0 Å².